The summed E-state index contributed by atoms with van der Waals surface area (Å²) in [5.41, 5.74) is 0.896. The molecule has 1 heterocycles. The zero-order valence-corrected chi connectivity index (χ0v) is 13.5. The third-order valence-electron chi connectivity index (χ3n) is 4.20. The summed E-state index contributed by atoms with van der Waals surface area (Å²) in [5, 5.41) is 3.38. The number of hydrogen-bond acceptors (Lipinski definition) is 4. The van der Waals surface area contributed by atoms with Gasteiger partial charge in [-0.1, -0.05) is 32.6 Å². The molecule has 0 spiro atoms. The molecule has 0 saturated heterocycles. The van der Waals surface area contributed by atoms with E-state index in [0.29, 0.717) is 0 Å². The van der Waals surface area contributed by atoms with Gasteiger partial charge in [-0.2, -0.15) is 0 Å². The Bertz CT molecular complexity index is 397. The Balaban J connectivity index is 2.09. The van der Waals surface area contributed by atoms with E-state index < -0.39 is 0 Å². The molecule has 4 heteroatoms. The van der Waals surface area contributed by atoms with Crippen LogP contribution in [0.25, 0.3) is 0 Å². The van der Waals surface area contributed by atoms with Gasteiger partial charge in [0.1, 0.15) is 5.60 Å². The molecule has 1 saturated carbocycles. The van der Waals surface area contributed by atoms with Crippen LogP contribution in [-0.2, 0) is 16.9 Å². The van der Waals surface area contributed by atoms with Gasteiger partial charge in [0.15, 0.2) is 5.82 Å². The molecule has 4 nitrogen and oxygen atoms in total. The van der Waals surface area contributed by atoms with E-state index in [2.05, 4.69) is 29.1 Å². The average Bonchev–Trinajstić information content (AvgIpc) is 2.75. The minimum Gasteiger partial charge on any atom is -0.367 e. The van der Waals surface area contributed by atoms with Crippen molar-refractivity contribution in [1.29, 1.82) is 0 Å². The molecule has 1 aliphatic carbocycles. The first-order valence-electron chi connectivity index (χ1n) is 8.47. The van der Waals surface area contributed by atoms with Crippen molar-refractivity contribution in [1.82, 2.24) is 15.3 Å². The quantitative estimate of drug-likeness (QED) is 0.616. The molecule has 0 amide bonds. The molecule has 1 fully saturated rings. The highest BCUT2D eigenvalue weighted by atomic mass is 16.5. The maximum absolute atomic E-state index is 6.13. The van der Waals surface area contributed by atoms with Gasteiger partial charge in [-0.05, 0) is 32.7 Å². The van der Waals surface area contributed by atoms with Gasteiger partial charge in [0, 0.05) is 31.1 Å². The number of nitrogens with zero attached hydrogens (tertiary/aromatic N) is 2. The standard InChI is InChI=1S/C17H29N3O/c1-3-11-18-12-15-13-19-16(20-14-15)17(21-4-2)9-7-5-6-8-10-17/h13-14,18H,3-12H2,1-2H3. The van der Waals surface area contributed by atoms with Crippen LogP contribution in [0.5, 0.6) is 0 Å². The molecule has 0 aliphatic heterocycles. The number of ether oxygens (including phenoxy) is 1. The van der Waals surface area contributed by atoms with Gasteiger partial charge in [0.2, 0.25) is 0 Å². The SMILES string of the molecule is CCCNCc1cnc(C2(OCC)CCCCCC2)nc1. The molecule has 0 radical (unpaired) electrons. The van der Waals surface area contributed by atoms with Gasteiger partial charge < -0.3 is 10.1 Å². The molecule has 2 rings (SSSR count). The summed E-state index contributed by atoms with van der Waals surface area (Å²) in [5.74, 6) is 0.880. The van der Waals surface area contributed by atoms with Crippen molar-refractivity contribution in [3.8, 4) is 0 Å². The van der Waals surface area contributed by atoms with E-state index in [0.717, 1.165) is 50.3 Å². The first-order chi connectivity index (χ1) is 10.3. The van der Waals surface area contributed by atoms with Crippen molar-refractivity contribution in [2.24, 2.45) is 0 Å². The lowest BCUT2D eigenvalue weighted by Crippen LogP contribution is -2.32. The Morgan fingerprint density at radius 1 is 1.10 bits per heavy atom. The minimum absolute atomic E-state index is 0.249. The van der Waals surface area contributed by atoms with Gasteiger partial charge in [-0.15, -0.1) is 0 Å². The smallest absolute Gasteiger partial charge is 0.160 e. The predicted molar refractivity (Wildman–Crippen MR) is 85.0 cm³/mol. The van der Waals surface area contributed by atoms with Gasteiger partial charge in [0.25, 0.3) is 0 Å². The molecule has 1 N–H and O–H groups in total. The summed E-state index contributed by atoms with van der Waals surface area (Å²) < 4.78 is 6.13. The second-order valence-electron chi connectivity index (χ2n) is 5.93. The van der Waals surface area contributed by atoms with Crippen molar-refractivity contribution in [3.05, 3.63) is 23.8 Å². The molecule has 0 aromatic carbocycles. The highest BCUT2D eigenvalue weighted by molar-refractivity contribution is 5.10. The molecular weight excluding hydrogens is 262 g/mol. The predicted octanol–water partition coefficient (Wildman–Crippen LogP) is 3.56. The maximum atomic E-state index is 6.13. The summed E-state index contributed by atoms with van der Waals surface area (Å²) in [7, 11) is 0. The molecule has 118 valence electrons. The fourth-order valence-corrected chi connectivity index (χ4v) is 3.10. The third kappa shape index (κ3) is 4.48. The number of rotatable bonds is 7. The third-order valence-corrected chi connectivity index (χ3v) is 4.20. The zero-order chi connectivity index (χ0) is 15.0. The molecule has 0 bridgehead atoms. The van der Waals surface area contributed by atoms with Crippen molar-refractivity contribution >= 4 is 0 Å². The van der Waals surface area contributed by atoms with Gasteiger partial charge in [0.05, 0.1) is 0 Å². The van der Waals surface area contributed by atoms with Gasteiger partial charge in [-0.25, -0.2) is 9.97 Å². The molecule has 1 aliphatic rings. The monoisotopic (exact) mass is 291 g/mol. The Morgan fingerprint density at radius 2 is 1.76 bits per heavy atom. The number of aromatic nitrogens is 2. The topological polar surface area (TPSA) is 47.0 Å². The summed E-state index contributed by atoms with van der Waals surface area (Å²) in [6.07, 6.45) is 12.2. The first-order valence-corrected chi connectivity index (χ1v) is 8.47. The van der Waals surface area contributed by atoms with E-state index in [1.54, 1.807) is 0 Å². The fourth-order valence-electron chi connectivity index (χ4n) is 3.10. The van der Waals surface area contributed by atoms with Gasteiger partial charge in [-0.3, -0.25) is 0 Å². The van der Waals surface area contributed by atoms with Crippen LogP contribution in [0, 0.1) is 0 Å². The van der Waals surface area contributed by atoms with E-state index in [-0.39, 0.29) is 5.60 Å². The van der Waals surface area contributed by atoms with E-state index in [9.17, 15) is 0 Å². The molecule has 1 aromatic rings. The zero-order valence-electron chi connectivity index (χ0n) is 13.5. The highest BCUT2D eigenvalue weighted by Crippen LogP contribution is 2.37. The van der Waals surface area contributed by atoms with Crippen molar-refractivity contribution < 1.29 is 4.74 Å². The Hall–Kier alpha value is -1.00. The summed E-state index contributed by atoms with van der Waals surface area (Å²) >= 11 is 0. The van der Waals surface area contributed by atoms with Crippen LogP contribution in [0.3, 0.4) is 0 Å². The first kappa shape index (κ1) is 16.4. The van der Waals surface area contributed by atoms with Crippen LogP contribution in [0.15, 0.2) is 12.4 Å². The Morgan fingerprint density at radius 3 is 2.33 bits per heavy atom. The summed E-state index contributed by atoms with van der Waals surface area (Å²) in [6.45, 7) is 6.84. The second-order valence-corrected chi connectivity index (χ2v) is 5.93. The molecule has 0 atom stereocenters. The summed E-state index contributed by atoms with van der Waals surface area (Å²) in [6, 6.07) is 0. The lowest BCUT2D eigenvalue weighted by atomic mass is 9.93. The Labute approximate surface area is 128 Å². The fraction of sp³-hybridized carbons (Fsp3) is 0.765. The van der Waals surface area contributed by atoms with Gasteiger partial charge >= 0.3 is 0 Å². The van der Waals surface area contributed by atoms with Crippen LogP contribution < -0.4 is 5.32 Å². The van der Waals surface area contributed by atoms with Crippen LogP contribution >= 0.6 is 0 Å². The van der Waals surface area contributed by atoms with E-state index >= 15 is 0 Å². The van der Waals surface area contributed by atoms with Crippen LogP contribution in [0.4, 0.5) is 0 Å². The van der Waals surface area contributed by atoms with Crippen molar-refractivity contribution in [3.63, 3.8) is 0 Å². The minimum atomic E-state index is -0.249. The van der Waals surface area contributed by atoms with Crippen LogP contribution in [0.2, 0.25) is 0 Å². The number of hydrogen-bond donors (Lipinski definition) is 1. The van der Waals surface area contributed by atoms with Crippen molar-refractivity contribution in [2.75, 3.05) is 13.2 Å². The normalized spacial score (nSPS) is 18.4. The lowest BCUT2D eigenvalue weighted by Gasteiger charge is -2.31. The maximum Gasteiger partial charge on any atom is 0.160 e. The average molecular weight is 291 g/mol. The van der Waals surface area contributed by atoms with Crippen LogP contribution in [-0.4, -0.2) is 23.1 Å². The lowest BCUT2D eigenvalue weighted by molar-refractivity contribution is -0.0624. The molecule has 0 unspecified atom stereocenters. The van der Waals surface area contributed by atoms with E-state index in [4.69, 9.17) is 4.74 Å². The largest absolute Gasteiger partial charge is 0.367 e. The van der Waals surface area contributed by atoms with E-state index in [1.165, 1.54) is 25.7 Å². The van der Waals surface area contributed by atoms with Crippen molar-refractivity contribution in [2.45, 2.75) is 70.9 Å². The molecular formula is C17H29N3O. The molecule has 21 heavy (non-hydrogen) atoms. The number of nitrogens with one attached hydrogen (secondary N) is 1. The van der Waals surface area contributed by atoms with Crippen LogP contribution in [0.1, 0.15) is 70.2 Å². The second kappa shape index (κ2) is 8.44. The summed E-state index contributed by atoms with van der Waals surface area (Å²) in [4.78, 5) is 9.27. The highest BCUT2D eigenvalue weighted by Gasteiger charge is 2.36. The Kier molecular flexibility index (Phi) is 6.58. The molecule has 1 aromatic heterocycles. The van der Waals surface area contributed by atoms with E-state index in [1.807, 2.05) is 12.4 Å².